The number of esters is 1. The van der Waals surface area contributed by atoms with Gasteiger partial charge in [0.25, 0.3) is 0 Å². The van der Waals surface area contributed by atoms with Crippen molar-refractivity contribution in [2.45, 2.75) is 13.3 Å². The van der Waals surface area contributed by atoms with Crippen LogP contribution in [-0.4, -0.2) is 26.3 Å². The maximum atomic E-state index is 11.4. The predicted octanol–water partition coefficient (Wildman–Crippen LogP) is 0.919. The summed E-state index contributed by atoms with van der Waals surface area (Å²) in [4.78, 5) is 11.4. The lowest BCUT2D eigenvalue weighted by Crippen LogP contribution is -2.26. The minimum atomic E-state index is -0.242. The van der Waals surface area contributed by atoms with Crippen LogP contribution in [0.25, 0.3) is 0 Å². The molecule has 0 atom stereocenters. The van der Waals surface area contributed by atoms with Gasteiger partial charge in [0, 0.05) is 13.3 Å². The number of methoxy groups -OCH3 is 1. The molecule has 6 heteroatoms. The number of hydrogen-bond donors (Lipinski definition) is 2. The molecular formula is C14H21N3O3. The number of ether oxygens (including phenoxy) is 2. The maximum Gasteiger partial charge on any atom is 0.310 e. The first-order chi connectivity index (χ1) is 9.56. The molecule has 6 nitrogen and oxygen atoms in total. The van der Waals surface area contributed by atoms with Crippen molar-refractivity contribution in [3.8, 4) is 0 Å². The Hall–Kier alpha value is -2.05. The fourth-order valence-electron chi connectivity index (χ4n) is 1.62. The second-order valence-corrected chi connectivity index (χ2v) is 4.19. The van der Waals surface area contributed by atoms with Gasteiger partial charge in [0.2, 0.25) is 0 Å². The van der Waals surface area contributed by atoms with Crippen LogP contribution in [-0.2, 0) is 20.7 Å². The number of nitrogens with zero attached hydrogens (tertiary/aromatic N) is 1. The molecule has 0 radical (unpaired) electrons. The SMILES string of the molecule is CCOC(=O)Cc1ccc(N(N)/C=C(\N)COC)cc1. The highest BCUT2D eigenvalue weighted by Crippen LogP contribution is 2.14. The fourth-order valence-corrected chi connectivity index (χ4v) is 1.62. The van der Waals surface area contributed by atoms with Gasteiger partial charge >= 0.3 is 5.97 Å². The van der Waals surface area contributed by atoms with Crippen molar-refractivity contribution in [2.75, 3.05) is 25.3 Å². The summed E-state index contributed by atoms with van der Waals surface area (Å²) < 4.78 is 9.79. The molecule has 0 bridgehead atoms. The molecule has 0 aliphatic heterocycles. The summed E-state index contributed by atoms with van der Waals surface area (Å²) in [5.41, 5.74) is 7.85. The van der Waals surface area contributed by atoms with Gasteiger partial charge in [-0.2, -0.15) is 0 Å². The van der Waals surface area contributed by atoms with Crippen LogP contribution in [0.5, 0.6) is 0 Å². The van der Waals surface area contributed by atoms with E-state index in [0.29, 0.717) is 18.9 Å². The molecule has 0 spiro atoms. The highest BCUT2D eigenvalue weighted by Gasteiger charge is 2.05. The van der Waals surface area contributed by atoms with E-state index in [9.17, 15) is 4.79 Å². The van der Waals surface area contributed by atoms with E-state index >= 15 is 0 Å². The van der Waals surface area contributed by atoms with Crippen LogP contribution < -0.4 is 16.6 Å². The quantitative estimate of drug-likeness (QED) is 0.438. The van der Waals surface area contributed by atoms with Crippen molar-refractivity contribution in [1.82, 2.24) is 0 Å². The first kappa shape index (κ1) is 16.0. The van der Waals surface area contributed by atoms with Crippen molar-refractivity contribution in [3.05, 3.63) is 41.7 Å². The molecule has 110 valence electrons. The Morgan fingerprint density at radius 3 is 2.55 bits per heavy atom. The summed E-state index contributed by atoms with van der Waals surface area (Å²) in [6.45, 7) is 2.48. The number of benzene rings is 1. The third kappa shape index (κ3) is 5.29. The van der Waals surface area contributed by atoms with Crippen LogP contribution in [0.15, 0.2) is 36.2 Å². The van der Waals surface area contributed by atoms with Crippen molar-refractivity contribution in [3.63, 3.8) is 0 Å². The Morgan fingerprint density at radius 1 is 1.35 bits per heavy atom. The molecular weight excluding hydrogens is 258 g/mol. The lowest BCUT2D eigenvalue weighted by molar-refractivity contribution is -0.142. The highest BCUT2D eigenvalue weighted by molar-refractivity contribution is 5.72. The first-order valence-corrected chi connectivity index (χ1v) is 6.30. The molecule has 0 aliphatic rings. The van der Waals surface area contributed by atoms with E-state index in [1.54, 1.807) is 20.2 Å². The van der Waals surface area contributed by atoms with Crippen LogP contribution in [0, 0.1) is 0 Å². The zero-order valence-electron chi connectivity index (χ0n) is 11.8. The maximum absolute atomic E-state index is 11.4. The molecule has 0 aliphatic carbocycles. The summed E-state index contributed by atoms with van der Waals surface area (Å²) in [5.74, 6) is 5.61. The molecule has 0 heterocycles. The minimum absolute atomic E-state index is 0.242. The molecule has 20 heavy (non-hydrogen) atoms. The summed E-state index contributed by atoms with van der Waals surface area (Å²) >= 11 is 0. The summed E-state index contributed by atoms with van der Waals surface area (Å²) in [6, 6.07) is 7.27. The number of anilines is 1. The van der Waals surface area contributed by atoms with Crippen LogP contribution in [0.3, 0.4) is 0 Å². The molecule has 0 saturated heterocycles. The minimum Gasteiger partial charge on any atom is -0.466 e. The number of hydrogen-bond acceptors (Lipinski definition) is 6. The summed E-state index contributed by atoms with van der Waals surface area (Å²) in [5, 5.41) is 1.41. The van der Waals surface area contributed by atoms with Crippen LogP contribution in [0.2, 0.25) is 0 Å². The average molecular weight is 279 g/mol. The Balaban J connectivity index is 2.66. The van der Waals surface area contributed by atoms with Gasteiger partial charge in [-0.1, -0.05) is 12.1 Å². The van der Waals surface area contributed by atoms with Crippen LogP contribution in [0.4, 0.5) is 5.69 Å². The van der Waals surface area contributed by atoms with Crippen LogP contribution in [0.1, 0.15) is 12.5 Å². The van der Waals surface area contributed by atoms with E-state index in [-0.39, 0.29) is 12.4 Å². The number of carbonyl (C=O) groups excluding carboxylic acids is 1. The van der Waals surface area contributed by atoms with Crippen molar-refractivity contribution >= 4 is 11.7 Å². The van der Waals surface area contributed by atoms with E-state index in [2.05, 4.69) is 0 Å². The van der Waals surface area contributed by atoms with E-state index in [0.717, 1.165) is 11.3 Å². The number of hydrazine groups is 1. The molecule has 0 amide bonds. The van der Waals surface area contributed by atoms with Gasteiger partial charge in [-0.05, 0) is 24.6 Å². The van der Waals surface area contributed by atoms with E-state index in [1.807, 2.05) is 24.3 Å². The Kier molecular flexibility index (Phi) is 6.55. The number of nitrogens with two attached hydrogens (primary N) is 2. The average Bonchev–Trinajstić information content (AvgIpc) is 2.39. The molecule has 1 rings (SSSR count). The third-order valence-electron chi connectivity index (χ3n) is 2.50. The largest absolute Gasteiger partial charge is 0.466 e. The molecule has 0 saturated carbocycles. The van der Waals surface area contributed by atoms with E-state index < -0.39 is 0 Å². The van der Waals surface area contributed by atoms with Crippen molar-refractivity contribution in [2.24, 2.45) is 11.6 Å². The topological polar surface area (TPSA) is 90.8 Å². The molecule has 0 fully saturated rings. The predicted molar refractivity (Wildman–Crippen MR) is 77.6 cm³/mol. The smallest absolute Gasteiger partial charge is 0.310 e. The van der Waals surface area contributed by atoms with Gasteiger partial charge in [-0.3, -0.25) is 9.80 Å². The fraction of sp³-hybridized carbons (Fsp3) is 0.357. The standard InChI is InChI=1S/C14H21N3O3/c1-3-20-14(18)8-11-4-6-13(7-5-11)17(16)9-12(15)10-19-2/h4-7,9H,3,8,10,15-16H2,1-2H3/b12-9-. The lowest BCUT2D eigenvalue weighted by atomic mass is 10.1. The highest BCUT2D eigenvalue weighted by atomic mass is 16.5. The Labute approximate surface area is 118 Å². The van der Waals surface area contributed by atoms with Gasteiger partial charge in [0.1, 0.15) is 0 Å². The summed E-state index contributed by atoms with van der Waals surface area (Å²) in [6.07, 6.45) is 1.84. The van der Waals surface area contributed by atoms with Gasteiger partial charge in [0.15, 0.2) is 0 Å². The normalized spacial score (nSPS) is 11.2. The monoisotopic (exact) mass is 279 g/mol. The van der Waals surface area contributed by atoms with Gasteiger partial charge < -0.3 is 15.2 Å². The van der Waals surface area contributed by atoms with E-state index in [1.165, 1.54) is 5.01 Å². The Bertz CT molecular complexity index is 457. The van der Waals surface area contributed by atoms with Crippen molar-refractivity contribution in [1.29, 1.82) is 0 Å². The van der Waals surface area contributed by atoms with Gasteiger partial charge in [-0.15, -0.1) is 0 Å². The van der Waals surface area contributed by atoms with E-state index in [4.69, 9.17) is 21.1 Å². The second-order valence-electron chi connectivity index (χ2n) is 4.19. The molecule has 4 N–H and O–H groups in total. The first-order valence-electron chi connectivity index (χ1n) is 6.30. The number of carbonyl (C=O) groups is 1. The zero-order valence-corrected chi connectivity index (χ0v) is 11.8. The van der Waals surface area contributed by atoms with Gasteiger partial charge in [-0.25, -0.2) is 5.84 Å². The lowest BCUT2D eigenvalue weighted by Gasteiger charge is -2.15. The molecule has 1 aromatic rings. The third-order valence-corrected chi connectivity index (χ3v) is 2.50. The Morgan fingerprint density at radius 2 is 2.00 bits per heavy atom. The van der Waals surface area contributed by atoms with Crippen LogP contribution >= 0.6 is 0 Å². The van der Waals surface area contributed by atoms with Gasteiger partial charge in [0.05, 0.1) is 31.0 Å². The molecule has 1 aromatic carbocycles. The molecule has 0 unspecified atom stereocenters. The molecule has 0 aromatic heterocycles. The van der Waals surface area contributed by atoms with Crippen molar-refractivity contribution < 1.29 is 14.3 Å². The summed E-state index contributed by atoms with van der Waals surface area (Å²) in [7, 11) is 1.56. The second kappa shape index (κ2) is 8.19. The zero-order chi connectivity index (χ0) is 15.0. The number of rotatable bonds is 7.